The Labute approximate surface area is 193 Å². The molecule has 12 heteroatoms. The molecule has 176 valence electrons. The van der Waals surface area contributed by atoms with Gasteiger partial charge in [-0.25, -0.2) is 9.59 Å². The first-order chi connectivity index (χ1) is 16.4. The molecule has 34 heavy (non-hydrogen) atoms. The molecule has 0 saturated carbocycles. The number of amides is 1. The Kier molecular flexibility index (Phi) is 8.00. The van der Waals surface area contributed by atoms with Crippen LogP contribution in [0.15, 0.2) is 54.6 Å². The van der Waals surface area contributed by atoms with E-state index < -0.39 is 42.8 Å². The highest BCUT2D eigenvalue weighted by Crippen LogP contribution is 2.20. The topological polar surface area (TPSA) is 163 Å². The fraction of sp³-hybridized carbons (Fsp3) is 0.227. The smallest absolute Gasteiger partial charge is 0.408 e. The molecule has 0 spiro atoms. The van der Waals surface area contributed by atoms with Gasteiger partial charge in [0, 0.05) is 5.56 Å². The molecule has 0 radical (unpaired) electrons. The summed E-state index contributed by atoms with van der Waals surface area (Å²) in [6, 6.07) is 13.9. The summed E-state index contributed by atoms with van der Waals surface area (Å²) in [5.74, 6) is -2.49. The van der Waals surface area contributed by atoms with E-state index in [1.54, 1.807) is 42.5 Å². The lowest BCUT2D eigenvalue weighted by Crippen LogP contribution is -2.44. The minimum Gasteiger partial charge on any atom is -0.481 e. The molecule has 1 unspecified atom stereocenters. The number of carbonyl (C=O) groups is 4. The van der Waals surface area contributed by atoms with Crippen molar-refractivity contribution >= 4 is 23.8 Å². The highest BCUT2D eigenvalue weighted by molar-refractivity contribution is 5.96. The molecule has 3 aromatic rings. The van der Waals surface area contributed by atoms with Gasteiger partial charge in [0.15, 0.2) is 5.78 Å². The summed E-state index contributed by atoms with van der Waals surface area (Å²) in [6.07, 6.45) is -1.60. The van der Waals surface area contributed by atoms with Gasteiger partial charge in [0.1, 0.15) is 19.2 Å². The van der Waals surface area contributed by atoms with Gasteiger partial charge in [0.25, 0.3) is 0 Å². The second-order valence-corrected chi connectivity index (χ2v) is 7.00. The maximum absolute atomic E-state index is 12.7. The zero-order valence-electron chi connectivity index (χ0n) is 18.1. The van der Waals surface area contributed by atoms with Gasteiger partial charge >= 0.3 is 18.0 Å². The van der Waals surface area contributed by atoms with E-state index >= 15 is 0 Å². The van der Waals surface area contributed by atoms with Gasteiger partial charge in [-0.2, -0.15) is 4.80 Å². The standard InChI is InChI=1S/C22H21N5O7/c1-33-21(31)16-10-6-5-9-15(16)20-24-26-27(25-20)12-18(28)17(11-19(29)30)23-22(32)34-13-14-7-3-2-4-8-14/h2-10,17H,11-13H2,1H3,(H,23,32)(H,29,30). The van der Waals surface area contributed by atoms with Crippen LogP contribution in [0.4, 0.5) is 4.79 Å². The summed E-state index contributed by atoms with van der Waals surface area (Å²) in [6.45, 7) is -0.515. The number of benzene rings is 2. The van der Waals surface area contributed by atoms with Crippen LogP contribution in [0.5, 0.6) is 0 Å². The SMILES string of the molecule is COC(=O)c1ccccc1-c1nnn(CC(=O)C(CC(=O)O)NC(=O)OCc2ccccc2)n1. The molecule has 0 saturated heterocycles. The molecule has 12 nitrogen and oxygen atoms in total. The number of hydrogen-bond acceptors (Lipinski definition) is 9. The van der Waals surface area contributed by atoms with Gasteiger partial charge < -0.3 is 19.9 Å². The number of methoxy groups -OCH3 is 1. The van der Waals surface area contributed by atoms with E-state index in [0.29, 0.717) is 5.56 Å². The van der Waals surface area contributed by atoms with Crippen molar-refractivity contribution < 1.29 is 33.8 Å². The van der Waals surface area contributed by atoms with Crippen LogP contribution >= 0.6 is 0 Å². The molecule has 2 aromatic carbocycles. The van der Waals surface area contributed by atoms with Crippen LogP contribution in [0.3, 0.4) is 0 Å². The first kappa shape index (κ1) is 24.0. The minimum absolute atomic E-state index is 0.0474. The fourth-order valence-electron chi connectivity index (χ4n) is 2.96. The lowest BCUT2D eigenvalue weighted by atomic mass is 10.1. The van der Waals surface area contributed by atoms with Crippen LogP contribution in [-0.2, 0) is 32.2 Å². The van der Waals surface area contributed by atoms with Crippen LogP contribution in [0.2, 0.25) is 0 Å². The number of esters is 1. The van der Waals surface area contributed by atoms with Gasteiger partial charge in [0.2, 0.25) is 5.82 Å². The number of hydrogen-bond donors (Lipinski definition) is 2. The number of nitrogens with zero attached hydrogens (tertiary/aromatic N) is 4. The lowest BCUT2D eigenvalue weighted by Gasteiger charge is -2.15. The van der Waals surface area contributed by atoms with Gasteiger partial charge in [-0.05, 0) is 16.8 Å². The number of carboxylic acid groups (broad SMARTS) is 1. The maximum Gasteiger partial charge on any atom is 0.408 e. The third kappa shape index (κ3) is 6.45. The number of aliphatic carboxylic acids is 1. The highest BCUT2D eigenvalue weighted by atomic mass is 16.5. The van der Waals surface area contributed by atoms with Crippen LogP contribution in [-0.4, -0.2) is 62.3 Å². The second kappa shape index (κ2) is 11.3. The summed E-state index contributed by atoms with van der Waals surface area (Å²) in [5, 5.41) is 23.1. The molecule has 1 atom stereocenters. The Balaban J connectivity index is 1.67. The largest absolute Gasteiger partial charge is 0.481 e. The molecule has 0 aliphatic carbocycles. The number of carbonyl (C=O) groups excluding carboxylic acids is 3. The number of nitrogens with one attached hydrogen (secondary N) is 1. The minimum atomic E-state index is -1.38. The summed E-state index contributed by atoms with van der Waals surface area (Å²) >= 11 is 0. The summed E-state index contributed by atoms with van der Waals surface area (Å²) in [5.41, 5.74) is 1.28. The van der Waals surface area contributed by atoms with Crippen molar-refractivity contribution in [3.63, 3.8) is 0 Å². The van der Waals surface area contributed by atoms with Crippen molar-refractivity contribution in [3.8, 4) is 11.4 Å². The number of ether oxygens (including phenoxy) is 2. The molecule has 0 fully saturated rings. The number of tetrazole rings is 1. The van der Waals surface area contributed by atoms with Crippen LogP contribution in [0, 0.1) is 0 Å². The molecule has 0 aliphatic rings. The zero-order valence-corrected chi connectivity index (χ0v) is 18.1. The number of rotatable bonds is 10. The fourth-order valence-corrected chi connectivity index (χ4v) is 2.96. The van der Waals surface area contributed by atoms with E-state index in [9.17, 15) is 19.2 Å². The number of carboxylic acids is 1. The van der Waals surface area contributed by atoms with Crippen molar-refractivity contribution in [2.75, 3.05) is 7.11 Å². The first-order valence-corrected chi connectivity index (χ1v) is 10.0. The van der Waals surface area contributed by atoms with Crippen LogP contribution < -0.4 is 5.32 Å². The third-order valence-corrected chi connectivity index (χ3v) is 4.60. The Morgan fingerprint density at radius 1 is 1.06 bits per heavy atom. The number of alkyl carbamates (subject to hydrolysis) is 1. The zero-order chi connectivity index (χ0) is 24.5. The van der Waals surface area contributed by atoms with E-state index in [1.165, 1.54) is 13.2 Å². The van der Waals surface area contributed by atoms with Crippen molar-refractivity contribution in [2.45, 2.75) is 25.6 Å². The lowest BCUT2D eigenvalue weighted by molar-refractivity contribution is -0.139. The van der Waals surface area contributed by atoms with Crippen molar-refractivity contribution in [2.24, 2.45) is 0 Å². The molecule has 1 amide bonds. The normalized spacial score (nSPS) is 11.3. The van der Waals surface area contributed by atoms with Gasteiger partial charge in [-0.1, -0.05) is 48.5 Å². The Hall–Kier alpha value is -4.61. The Morgan fingerprint density at radius 2 is 1.76 bits per heavy atom. The number of Topliss-reactive ketones (excluding diaryl/α,β-unsaturated/α-hetero) is 1. The predicted molar refractivity (Wildman–Crippen MR) is 115 cm³/mol. The van der Waals surface area contributed by atoms with Gasteiger partial charge in [-0.15, -0.1) is 10.2 Å². The first-order valence-electron chi connectivity index (χ1n) is 10.0. The molecule has 1 aromatic heterocycles. The van der Waals surface area contributed by atoms with E-state index in [2.05, 4.69) is 20.7 Å². The summed E-state index contributed by atoms with van der Waals surface area (Å²) < 4.78 is 9.80. The highest BCUT2D eigenvalue weighted by Gasteiger charge is 2.26. The molecule has 0 aliphatic heterocycles. The molecular weight excluding hydrogens is 446 g/mol. The van der Waals surface area contributed by atoms with Crippen LogP contribution in [0.25, 0.3) is 11.4 Å². The van der Waals surface area contributed by atoms with E-state index in [4.69, 9.17) is 14.6 Å². The van der Waals surface area contributed by atoms with Gasteiger partial charge in [-0.3, -0.25) is 9.59 Å². The average molecular weight is 467 g/mol. The quantitative estimate of drug-likeness (QED) is 0.417. The summed E-state index contributed by atoms with van der Waals surface area (Å²) in [4.78, 5) is 48.9. The maximum atomic E-state index is 12.7. The van der Waals surface area contributed by atoms with E-state index in [0.717, 1.165) is 10.4 Å². The predicted octanol–water partition coefficient (Wildman–Crippen LogP) is 1.47. The van der Waals surface area contributed by atoms with E-state index in [-0.39, 0.29) is 18.0 Å². The van der Waals surface area contributed by atoms with Crippen LogP contribution in [0.1, 0.15) is 22.3 Å². The van der Waals surface area contributed by atoms with Gasteiger partial charge in [0.05, 0.1) is 19.1 Å². The second-order valence-electron chi connectivity index (χ2n) is 7.00. The monoisotopic (exact) mass is 467 g/mol. The number of ketones is 1. The van der Waals surface area contributed by atoms with Crippen molar-refractivity contribution in [3.05, 3.63) is 65.7 Å². The van der Waals surface area contributed by atoms with Crippen molar-refractivity contribution in [1.82, 2.24) is 25.5 Å². The Bertz CT molecular complexity index is 1180. The third-order valence-electron chi connectivity index (χ3n) is 4.60. The number of aromatic nitrogens is 4. The van der Waals surface area contributed by atoms with E-state index in [1.807, 2.05) is 6.07 Å². The molecule has 2 N–H and O–H groups in total. The Morgan fingerprint density at radius 3 is 2.47 bits per heavy atom. The molecular formula is C22H21N5O7. The molecule has 3 rings (SSSR count). The molecule has 1 heterocycles. The average Bonchev–Trinajstić information content (AvgIpc) is 3.30. The van der Waals surface area contributed by atoms with Crippen molar-refractivity contribution in [1.29, 1.82) is 0 Å². The molecule has 0 bridgehead atoms. The summed E-state index contributed by atoms with van der Waals surface area (Å²) in [7, 11) is 1.24.